The van der Waals surface area contributed by atoms with E-state index in [1.807, 2.05) is 24.4 Å². The van der Waals surface area contributed by atoms with Crippen LogP contribution < -0.4 is 10.6 Å². The Bertz CT molecular complexity index is 915. The second kappa shape index (κ2) is 6.37. The van der Waals surface area contributed by atoms with E-state index in [0.29, 0.717) is 11.4 Å². The summed E-state index contributed by atoms with van der Waals surface area (Å²) in [5.41, 5.74) is 3.01. The molecular weight excluding hydrogens is 316 g/mol. The third kappa shape index (κ3) is 2.82. The number of aryl methyl sites for hydroxylation is 2. The minimum atomic E-state index is -0.201. The quantitative estimate of drug-likeness (QED) is 0.770. The van der Waals surface area contributed by atoms with Crippen LogP contribution in [-0.2, 0) is 19.4 Å². The van der Waals surface area contributed by atoms with Crippen molar-refractivity contribution >= 4 is 22.6 Å². The van der Waals surface area contributed by atoms with Crippen molar-refractivity contribution in [2.45, 2.75) is 33.2 Å². The molecule has 1 aliphatic heterocycles. The van der Waals surface area contributed by atoms with Crippen LogP contribution in [0.3, 0.4) is 0 Å². The Kier molecular flexibility index (Phi) is 4.05. The summed E-state index contributed by atoms with van der Waals surface area (Å²) in [6.45, 7) is 6.74. The van der Waals surface area contributed by atoms with Crippen molar-refractivity contribution in [2.75, 3.05) is 18.4 Å². The van der Waals surface area contributed by atoms with Gasteiger partial charge in [0.1, 0.15) is 17.3 Å². The van der Waals surface area contributed by atoms with Gasteiger partial charge in [0.2, 0.25) is 0 Å². The fourth-order valence-electron chi connectivity index (χ4n) is 3.40. The molecule has 4 rings (SSSR count). The maximum absolute atomic E-state index is 12.7. The summed E-state index contributed by atoms with van der Waals surface area (Å²) in [4.78, 5) is 17.2. The fraction of sp³-hybridized carbons (Fsp3) is 0.368. The van der Waals surface area contributed by atoms with E-state index >= 15 is 0 Å². The van der Waals surface area contributed by atoms with Crippen LogP contribution in [0.1, 0.15) is 34.6 Å². The van der Waals surface area contributed by atoms with Gasteiger partial charge in [0, 0.05) is 44.1 Å². The van der Waals surface area contributed by atoms with Gasteiger partial charge in [0.05, 0.1) is 5.69 Å². The largest absolute Gasteiger partial charge is 0.459 e. The van der Waals surface area contributed by atoms with Crippen LogP contribution in [0.4, 0.5) is 5.69 Å². The van der Waals surface area contributed by atoms with E-state index in [1.165, 1.54) is 0 Å². The van der Waals surface area contributed by atoms with Crippen LogP contribution in [0.5, 0.6) is 0 Å². The summed E-state index contributed by atoms with van der Waals surface area (Å²) in [6, 6.07) is 5.83. The van der Waals surface area contributed by atoms with Gasteiger partial charge in [0.15, 0.2) is 5.58 Å². The van der Waals surface area contributed by atoms with Gasteiger partial charge >= 0.3 is 0 Å². The summed E-state index contributed by atoms with van der Waals surface area (Å²) in [5, 5.41) is 7.34. The molecule has 0 saturated heterocycles. The molecule has 0 bridgehead atoms. The van der Waals surface area contributed by atoms with Gasteiger partial charge in [0.25, 0.3) is 5.91 Å². The number of benzene rings is 1. The molecule has 6 nitrogen and oxygen atoms in total. The number of hydrogen-bond acceptors (Lipinski definition) is 4. The van der Waals surface area contributed by atoms with E-state index in [2.05, 4.69) is 34.0 Å². The van der Waals surface area contributed by atoms with Gasteiger partial charge in [-0.15, -0.1) is 0 Å². The number of furan rings is 1. The average molecular weight is 338 g/mol. The SMILES string of the molecule is CCc1oc2c(NC(=O)c3cn4c(n3)CCNCC4)cccc2c1C. The zero-order chi connectivity index (χ0) is 17.4. The van der Waals surface area contributed by atoms with Gasteiger partial charge in [-0.25, -0.2) is 4.98 Å². The number of rotatable bonds is 3. The maximum atomic E-state index is 12.7. The van der Waals surface area contributed by atoms with Crippen LogP contribution >= 0.6 is 0 Å². The van der Waals surface area contributed by atoms with Crippen LogP contribution in [-0.4, -0.2) is 28.5 Å². The molecule has 2 N–H and O–H groups in total. The summed E-state index contributed by atoms with van der Waals surface area (Å²) in [5.74, 6) is 1.71. The third-order valence-corrected chi connectivity index (χ3v) is 4.78. The van der Waals surface area contributed by atoms with Crippen molar-refractivity contribution < 1.29 is 9.21 Å². The van der Waals surface area contributed by atoms with Crippen molar-refractivity contribution in [3.63, 3.8) is 0 Å². The predicted molar refractivity (Wildman–Crippen MR) is 97.1 cm³/mol. The summed E-state index contributed by atoms with van der Waals surface area (Å²) >= 11 is 0. The molecule has 0 atom stereocenters. The molecule has 1 aromatic carbocycles. The van der Waals surface area contributed by atoms with Crippen LogP contribution in [0.25, 0.3) is 11.0 Å². The van der Waals surface area contributed by atoms with E-state index in [4.69, 9.17) is 4.42 Å². The van der Waals surface area contributed by atoms with Crippen molar-refractivity contribution in [3.8, 4) is 0 Å². The van der Waals surface area contributed by atoms with E-state index in [-0.39, 0.29) is 5.91 Å². The van der Waals surface area contributed by atoms with Crippen molar-refractivity contribution in [1.29, 1.82) is 0 Å². The molecule has 1 amide bonds. The number of nitrogens with zero attached hydrogens (tertiary/aromatic N) is 2. The Morgan fingerprint density at radius 1 is 1.40 bits per heavy atom. The summed E-state index contributed by atoms with van der Waals surface area (Å²) in [7, 11) is 0. The number of para-hydroxylation sites is 1. The fourth-order valence-corrected chi connectivity index (χ4v) is 3.40. The molecule has 25 heavy (non-hydrogen) atoms. The number of amides is 1. The van der Waals surface area contributed by atoms with E-state index < -0.39 is 0 Å². The average Bonchev–Trinajstić information content (AvgIpc) is 3.10. The first-order chi connectivity index (χ1) is 12.2. The lowest BCUT2D eigenvalue weighted by molar-refractivity contribution is 0.102. The maximum Gasteiger partial charge on any atom is 0.275 e. The number of hydrogen-bond donors (Lipinski definition) is 2. The molecule has 0 saturated carbocycles. The van der Waals surface area contributed by atoms with Crippen molar-refractivity contribution in [1.82, 2.24) is 14.9 Å². The highest BCUT2D eigenvalue weighted by Crippen LogP contribution is 2.31. The van der Waals surface area contributed by atoms with Crippen molar-refractivity contribution in [3.05, 3.63) is 47.2 Å². The van der Waals surface area contributed by atoms with Crippen LogP contribution in [0, 0.1) is 6.92 Å². The number of carbonyl (C=O) groups is 1. The van der Waals surface area contributed by atoms with Gasteiger partial charge in [-0.2, -0.15) is 0 Å². The Hall–Kier alpha value is -2.60. The summed E-state index contributed by atoms with van der Waals surface area (Å²) < 4.78 is 8.02. The zero-order valence-electron chi connectivity index (χ0n) is 14.6. The Labute approximate surface area is 146 Å². The topological polar surface area (TPSA) is 72.1 Å². The number of aromatic nitrogens is 2. The molecule has 0 aliphatic carbocycles. The molecule has 0 unspecified atom stereocenters. The first-order valence-electron chi connectivity index (χ1n) is 8.76. The molecule has 1 aliphatic rings. The molecule has 130 valence electrons. The highest BCUT2D eigenvalue weighted by molar-refractivity contribution is 6.07. The first kappa shape index (κ1) is 15.9. The molecule has 0 fully saturated rings. The van der Waals surface area contributed by atoms with Crippen molar-refractivity contribution in [2.24, 2.45) is 0 Å². The molecule has 3 heterocycles. The van der Waals surface area contributed by atoms with Crippen LogP contribution in [0.15, 0.2) is 28.8 Å². The number of carbonyl (C=O) groups excluding carboxylic acids is 1. The minimum absolute atomic E-state index is 0.201. The van der Waals surface area contributed by atoms with E-state index in [9.17, 15) is 4.79 Å². The summed E-state index contributed by atoms with van der Waals surface area (Å²) in [6.07, 6.45) is 3.50. The molecule has 2 aromatic heterocycles. The lowest BCUT2D eigenvalue weighted by atomic mass is 10.1. The van der Waals surface area contributed by atoms with Gasteiger partial charge in [-0.1, -0.05) is 19.1 Å². The third-order valence-electron chi connectivity index (χ3n) is 4.78. The van der Waals surface area contributed by atoms with Gasteiger partial charge < -0.3 is 19.6 Å². The molecule has 0 spiro atoms. The second-order valence-electron chi connectivity index (χ2n) is 6.38. The Balaban J connectivity index is 1.64. The molecule has 3 aromatic rings. The van der Waals surface area contributed by atoms with Gasteiger partial charge in [-0.05, 0) is 18.6 Å². The highest BCUT2D eigenvalue weighted by Gasteiger charge is 2.18. The number of anilines is 1. The lowest BCUT2D eigenvalue weighted by Crippen LogP contribution is -2.18. The lowest BCUT2D eigenvalue weighted by Gasteiger charge is -2.04. The van der Waals surface area contributed by atoms with Crippen LogP contribution in [0.2, 0.25) is 0 Å². The molecule has 0 radical (unpaired) electrons. The minimum Gasteiger partial charge on any atom is -0.459 e. The highest BCUT2D eigenvalue weighted by atomic mass is 16.3. The number of nitrogens with one attached hydrogen (secondary N) is 2. The first-order valence-corrected chi connectivity index (χ1v) is 8.76. The Morgan fingerprint density at radius 2 is 2.28 bits per heavy atom. The van der Waals surface area contributed by atoms with E-state index in [1.54, 1.807) is 0 Å². The van der Waals surface area contributed by atoms with E-state index in [0.717, 1.165) is 60.6 Å². The predicted octanol–water partition coefficient (Wildman–Crippen LogP) is 2.90. The standard InChI is InChI=1S/C19H22N4O2/c1-3-16-12(2)13-5-4-6-14(18(13)25-16)22-19(24)15-11-23-10-9-20-8-7-17(23)21-15/h4-6,11,20H,3,7-10H2,1-2H3,(H,22,24). The van der Waals surface area contributed by atoms with Gasteiger partial charge in [-0.3, -0.25) is 4.79 Å². The zero-order valence-corrected chi connectivity index (χ0v) is 14.6. The normalized spacial score (nSPS) is 14.3. The number of fused-ring (bicyclic) bond motifs is 2. The molecular formula is C19H22N4O2. The monoisotopic (exact) mass is 338 g/mol. The number of imidazole rings is 1. The smallest absolute Gasteiger partial charge is 0.275 e. The molecule has 6 heteroatoms. The Morgan fingerprint density at radius 3 is 3.12 bits per heavy atom. The second-order valence-corrected chi connectivity index (χ2v) is 6.38.